The third-order valence-electron chi connectivity index (χ3n) is 2.49. The molecule has 92 valence electrons. The minimum absolute atomic E-state index is 0.301. The van der Waals surface area contributed by atoms with Crippen molar-refractivity contribution in [2.45, 2.75) is 19.8 Å². The Labute approximate surface area is 127 Å². The lowest BCUT2D eigenvalue weighted by atomic mass is 10.1. The van der Waals surface area contributed by atoms with Crippen LogP contribution in [0.4, 0.5) is 0 Å². The molecule has 0 aromatic heterocycles. The Morgan fingerprint density at radius 2 is 1.24 bits per heavy atom. The van der Waals surface area contributed by atoms with Gasteiger partial charge >= 0.3 is 0 Å². The number of ether oxygens (including phenoxy) is 1. The van der Waals surface area contributed by atoms with E-state index in [-0.39, 0.29) is 10.8 Å². The van der Waals surface area contributed by atoms with Crippen LogP contribution >= 0.6 is 55.1 Å². The van der Waals surface area contributed by atoms with Crippen molar-refractivity contribution in [3.63, 3.8) is 0 Å². The SMILES string of the molecule is ClC1C=CC=CC1(Br)OC1(Br)C=CC=CC1Cl. The standard InChI is InChI=1S/C12H10Br2Cl2O/c13-11(7-3-1-5-9(11)15)17-12(14)8-4-2-6-10(12)16/h1-10H. The van der Waals surface area contributed by atoms with E-state index in [1.54, 1.807) is 0 Å². The maximum Gasteiger partial charge on any atom is 0.163 e. The van der Waals surface area contributed by atoms with Crippen molar-refractivity contribution in [2.24, 2.45) is 0 Å². The van der Waals surface area contributed by atoms with Gasteiger partial charge in [0, 0.05) is 0 Å². The van der Waals surface area contributed by atoms with Gasteiger partial charge in [0.25, 0.3) is 0 Å². The van der Waals surface area contributed by atoms with Crippen molar-refractivity contribution >= 4 is 55.1 Å². The highest BCUT2D eigenvalue weighted by Crippen LogP contribution is 2.43. The Bertz CT molecular complexity index is 381. The molecule has 4 unspecified atom stereocenters. The number of alkyl halides is 4. The van der Waals surface area contributed by atoms with Crippen LogP contribution in [0.15, 0.2) is 48.6 Å². The van der Waals surface area contributed by atoms with E-state index < -0.39 is 9.02 Å². The van der Waals surface area contributed by atoms with Crippen LogP contribution in [0.25, 0.3) is 0 Å². The van der Waals surface area contributed by atoms with Gasteiger partial charge in [-0.05, 0) is 44.0 Å². The Kier molecular flexibility index (Phi) is 4.26. The first-order valence-electron chi connectivity index (χ1n) is 5.04. The summed E-state index contributed by atoms with van der Waals surface area (Å²) in [5.41, 5.74) is 0. The van der Waals surface area contributed by atoms with Gasteiger partial charge in [-0.15, -0.1) is 23.2 Å². The molecule has 0 aromatic rings. The molecule has 0 amide bonds. The molecule has 1 nitrogen and oxygen atoms in total. The van der Waals surface area contributed by atoms with Gasteiger partial charge < -0.3 is 4.74 Å². The summed E-state index contributed by atoms with van der Waals surface area (Å²) in [6.07, 6.45) is 15.0. The Balaban J connectivity index is 2.20. The van der Waals surface area contributed by atoms with E-state index in [2.05, 4.69) is 31.9 Å². The van der Waals surface area contributed by atoms with Crippen LogP contribution in [-0.4, -0.2) is 19.8 Å². The number of hydrogen-bond donors (Lipinski definition) is 0. The molecule has 0 saturated heterocycles. The summed E-state index contributed by atoms with van der Waals surface area (Å²) in [5, 5.41) is -0.602. The highest BCUT2D eigenvalue weighted by atomic mass is 79.9. The van der Waals surface area contributed by atoms with Gasteiger partial charge in [0.2, 0.25) is 0 Å². The topological polar surface area (TPSA) is 9.23 Å². The second-order valence-corrected chi connectivity index (χ2v) is 7.21. The number of allylic oxidation sites excluding steroid dienone is 4. The third-order valence-corrected chi connectivity index (χ3v) is 5.80. The summed E-state index contributed by atoms with van der Waals surface area (Å²) in [5.74, 6) is 0. The van der Waals surface area contributed by atoms with Gasteiger partial charge in [0.15, 0.2) is 9.02 Å². The van der Waals surface area contributed by atoms with Gasteiger partial charge in [-0.2, -0.15) is 0 Å². The first-order valence-corrected chi connectivity index (χ1v) is 7.50. The maximum atomic E-state index is 6.24. The predicted octanol–water partition coefficient (Wildman–Crippen LogP) is 4.65. The maximum absolute atomic E-state index is 6.24. The molecule has 0 heterocycles. The van der Waals surface area contributed by atoms with Crippen LogP contribution in [0.2, 0.25) is 0 Å². The second kappa shape index (κ2) is 5.22. The fraction of sp³-hybridized carbons (Fsp3) is 0.333. The monoisotopic (exact) mass is 398 g/mol. The lowest BCUT2D eigenvalue weighted by Crippen LogP contribution is -2.45. The zero-order chi connectivity index (χ0) is 12.5. The molecular formula is C12H10Br2Cl2O. The summed E-state index contributed by atoms with van der Waals surface area (Å²) in [6, 6.07) is 0. The van der Waals surface area contributed by atoms with E-state index in [1.807, 2.05) is 48.6 Å². The van der Waals surface area contributed by atoms with E-state index in [9.17, 15) is 0 Å². The number of rotatable bonds is 2. The first kappa shape index (κ1) is 13.9. The van der Waals surface area contributed by atoms with Gasteiger partial charge in [-0.3, -0.25) is 0 Å². The molecule has 4 atom stereocenters. The molecule has 2 aliphatic carbocycles. The lowest BCUT2D eigenvalue weighted by molar-refractivity contribution is 0.0117. The molecule has 0 spiro atoms. The highest BCUT2D eigenvalue weighted by Gasteiger charge is 2.44. The normalized spacial score (nSPS) is 44.2. The summed E-state index contributed by atoms with van der Waals surface area (Å²) >= 11 is 19.5. The number of hydrogen-bond acceptors (Lipinski definition) is 1. The molecule has 0 bridgehead atoms. The molecule has 0 N–H and O–H groups in total. The van der Waals surface area contributed by atoms with Crippen LogP contribution in [0.3, 0.4) is 0 Å². The zero-order valence-electron chi connectivity index (χ0n) is 8.69. The molecule has 0 aromatic carbocycles. The Hall–Kier alpha value is 0.460. The molecule has 0 saturated carbocycles. The molecule has 2 aliphatic rings. The van der Waals surface area contributed by atoms with Crippen molar-refractivity contribution < 1.29 is 4.74 Å². The van der Waals surface area contributed by atoms with Crippen molar-refractivity contribution in [3.05, 3.63) is 48.6 Å². The minimum Gasteiger partial charge on any atom is -0.335 e. The summed E-state index contributed by atoms with van der Waals surface area (Å²) in [7, 11) is 0. The fourth-order valence-electron chi connectivity index (χ4n) is 1.56. The summed E-state index contributed by atoms with van der Waals surface area (Å²) < 4.78 is 4.49. The Morgan fingerprint density at radius 3 is 1.59 bits per heavy atom. The van der Waals surface area contributed by atoms with Crippen molar-refractivity contribution in [2.75, 3.05) is 0 Å². The Morgan fingerprint density at radius 1 is 0.824 bits per heavy atom. The van der Waals surface area contributed by atoms with Crippen LogP contribution < -0.4 is 0 Å². The van der Waals surface area contributed by atoms with Crippen LogP contribution in [-0.2, 0) is 4.74 Å². The van der Waals surface area contributed by atoms with Crippen LogP contribution in [0.5, 0.6) is 0 Å². The largest absolute Gasteiger partial charge is 0.335 e. The van der Waals surface area contributed by atoms with Crippen molar-refractivity contribution in [1.82, 2.24) is 0 Å². The minimum atomic E-state index is -0.768. The summed E-state index contributed by atoms with van der Waals surface area (Å²) in [6.45, 7) is 0. The van der Waals surface area contributed by atoms with Crippen molar-refractivity contribution in [3.8, 4) is 0 Å². The molecule has 17 heavy (non-hydrogen) atoms. The highest BCUT2D eigenvalue weighted by molar-refractivity contribution is 9.10. The van der Waals surface area contributed by atoms with Crippen LogP contribution in [0, 0.1) is 0 Å². The second-order valence-electron chi connectivity index (χ2n) is 3.79. The van der Waals surface area contributed by atoms with E-state index in [0.717, 1.165) is 0 Å². The van der Waals surface area contributed by atoms with Crippen LogP contribution in [0.1, 0.15) is 0 Å². The molecule has 5 heteroatoms. The van der Waals surface area contributed by atoms with E-state index in [4.69, 9.17) is 27.9 Å². The van der Waals surface area contributed by atoms with Gasteiger partial charge in [0.05, 0.1) is 10.8 Å². The van der Waals surface area contributed by atoms with Gasteiger partial charge in [-0.1, -0.05) is 36.5 Å². The molecular weight excluding hydrogens is 391 g/mol. The van der Waals surface area contributed by atoms with Crippen molar-refractivity contribution in [1.29, 1.82) is 0 Å². The molecule has 0 fully saturated rings. The average Bonchev–Trinajstić information content (AvgIpc) is 2.27. The first-order chi connectivity index (χ1) is 7.96. The van der Waals surface area contributed by atoms with E-state index in [1.165, 1.54) is 0 Å². The predicted molar refractivity (Wildman–Crippen MR) is 80.2 cm³/mol. The summed E-state index contributed by atoms with van der Waals surface area (Å²) in [4.78, 5) is 0. The number of halogens is 4. The van der Waals surface area contributed by atoms with E-state index in [0.29, 0.717) is 0 Å². The smallest absolute Gasteiger partial charge is 0.163 e. The zero-order valence-corrected chi connectivity index (χ0v) is 13.4. The van der Waals surface area contributed by atoms with Gasteiger partial charge in [0.1, 0.15) is 0 Å². The average molecular weight is 401 g/mol. The molecule has 0 aliphatic heterocycles. The van der Waals surface area contributed by atoms with E-state index >= 15 is 0 Å². The fourth-order valence-corrected chi connectivity index (χ4v) is 3.33. The molecule has 2 rings (SSSR count). The third kappa shape index (κ3) is 2.90. The molecule has 0 radical (unpaired) electrons. The van der Waals surface area contributed by atoms with Gasteiger partial charge in [-0.25, -0.2) is 0 Å². The quantitative estimate of drug-likeness (QED) is 0.613. The lowest BCUT2D eigenvalue weighted by Gasteiger charge is -2.39.